The van der Waals surface area contributed by atoms with Gasteiger partial charge in [-0.1, -0.05) is 121 Å². The first-order chi connectivity index (χ1) is 14.3. The van der Waals surface area contributed by atoms with Crippen LogP contribution in [0.3, 0.4) is 0 Å². The van der Waals surface area contributed by atoms with Crippen LogP contribution in [0.5, 0.6) is 0 Å². The van der Waals surface area contributed by atoms with Gasteiger partial charge >= 0.3 is 0 Å². The molecule has 0 aliphatic carbocycles. The molecule has 0 aromatic heterocycles. The quantitative estimate of drug-likeness (QED) is 0.241. The molecule has 0 saturated heterocycles. The Morgan fingerprint density at radius 3 is 1.38 bits per heavy atom. The zero-order valence-corrected chi connectivity index (χ0v) is 18.3. The smallest absolute Gasteiger partial charge is 0.0181 e. The van der Waals surface area contributed by atoms with Crippen molar-refractivity contribution in [2.45, 2.75) is 13.8 Å². The Bertz CT molecular complexity index is 1260. The topological polar surface area (TPSA) is 0 Å². The van der Waals surface area contributed by atoms with Gasteiger partial charge in [-0.2, -0.15) is 0 Å². The third kappa shape index (κ3) is 3.59. The molecule has 5 aromatic rings. The second-order valence-electron chi connectivity index (χ2n) is 6.72. The summed E-state index contributed by atoms with van der Waals surface area (Å²) in [5.74, 6) is 0. The van der Waals surface area contributed by atoms with Crippen LogP contribution in [0.2, 0.25) is 0 Å². The van der Waals surface area contributed by atoms with Gasteiger partial charge in [0.25, 0.3) is 0 Å². The number of fused-ring (bicyclic) bond motifs is 2. The molecule has 0 fully saturated rings. The highest BCUT2D eigenvalue weighted by Crippen LogP contribution is 2.44. The molecule has 0 aliphatic rings. The van der Waals surface area contributed by atoms with E-state index in [2.05, 4.69) is 119 Å². The van der Waals surface area contributed by atoms with Gasteiger partial charge in [-0.05, 0) is 55.9 Å². The summed E-state index contributed by atoms with van der Waals surface area (Å²) >= 11 is 3.68. The van der Waals surface area contributed by atoms with Crippen molar-refractivity contribution in [2.75, 3.05) is 0 Å². The molecule has 0 saturated carbocycles. The average Bonchev–Trinajstić information content (AvgIpc) is 2.80. The van der Waals surface area contributed by atoms with Crippen molar-refractivity contribution in [3.8, 4) is 22.3 Å². The fraction of sp³-hybridized carbons (Fsp3) is 0.0714. The molecule has 0 bridgehead atoms. The Balaban J connectivity index is 0.000000994. The molecule has 0 nitrogen and oxygen atoms in total. The van der Waals surface area contributed by atoms with E-state index in [1.165, 1.54) is 43.8 Å². The Morgan fingerprint density at radius 1 is 0.448 bits per heavy atom. The molecule has 5 rings (SSSR count). The summed E-state index contributed by atoms with van der Waals surface area (Å²) in [6, 6.07) is 36.8. The lowest BCUT2D eigenvalue weighted by atomic mass is 9.86. The van der Waals surface area contributed by atoms with Crippen molar-refractivity contribution in [1.29, 1.82) is 0 Å². The molecule has 0 aliphatic heterocycles. The normalized spacial score (nSPS) is 10.6. The molecule has 5 aromatic carbocycles. The molecule has 0 amide bonds. The predicted molar refractivity (Wildman–Crippen MR) is 131 cm³/mol. The van der Waals surface area contributed by atoms with Gasteiger partial charge in [-0.3, -0.25) is 0 Å². The summed E-state index contributed by atoms with van der Waals surface area (Å²) in [6.45, 7) is 4.00. The van der Waals surface area contributed by atoms with Gasteiger partial charge in [-0.25, -0.2) is 0 Å². The van der Waals surface area contributed by atoms with E-state index in [-0.39, 0.29) is 0 Å². The minimum absolute atomic E-state index is 1.10. The lowest BCUT2D eigenvalue weighted by Crippen LogP contribution is -1.90. The van der Waals surface area contributed by atoms with Crippen LogP contribution in [0.15, 0.2) is 108 Å². The largest absolute Gasteiger partial charge is 0.0683 e. The highest BCUT2D eigenvalue weighted by atomic mass is 79.9. The summed E-state index contributed by atoms with van der Waals surface area (Å²) in [6.07, 6.45) is 0. The first kappa shape index (κ1) is 19.4. The molecule has 0 heterocycles. The second kappa shape index (κ2) is 8.63. The lowest BCUT2D eigenvalue weighted by Gasteiger charge is -2.18. The van der Waals surface area contributed by atoms with Gasteiger partial charge in [0.2, 0.25) is 0 Å². The van der Waals surface area contributed by atoms with Crippen molar-refractivity contribution in [2.24, 2.45) is 0 Å². The summed E-state index contributed by atoms with van der Waals surface area (Å²) in [4.78, 5) is 0. The van der Waals surface area contributed by atoms with Crippen LogP contribution in [0.1, 0.15) is 13.8 Å². The van der Waals surface area contributed by atoms with Gasteiger partial charge in [0.1, 0.15) is 0 Å². The minimum Gasteiger partial charge on any atom is -0.0683 e. The molecule has 0 radical (unpaired) electrons. The summed E-state index contributed by atoms with van der Waals surface area (Å²) in [7, 11) is 0. The van der Waals surface area contributed by atoms with Crippen molar-refractivity contribution >= 4 is 37.5 Å². The van der Waals surface area contributed by atoms with E-state index >= 15 is 0 Å². The molecule has 0 unspecified atom stereocenters. The highest BCUT2D eigenvalue weighted by molar-refractivity contribution is 9.10. The SMILES string of the molecule is Brc1ccc2c(-c3ccccc3)c3ccccc3c(-c3ccccc3)c2c1.CC. The summed E-state index contributed by atoms with van der Waals surface area (Å²) < 4.78 is 1.10. The number of benzene rings is 5. The molecule has 0 N–H and O–H groups in total. The second-order valence-corrected chi connectivity index (χ2v) is 7.63. The van der Waals surface area contributed by atoms with Crippen molar-refractivity contribution in [1.82, 2.24) is 0 Å². The monoisotopic (exact) mass is 438 g/mol. The van der Waals surface area contributed by atoms with E-state index in [1.54, 1.807) is 0 Å². The Morgan fingerprint density at radius 2 is 0.862 bits per heavy atom. The molecule has 1 heteroatoms. The molecular weight excluding hydrogens is 416 g/mol. The van der Waals surface area contributed by atoms with Crippen molar-refractivity contribution < 1.29 is 0 Å². The maximum Gasteiger partial charge on any atom is 0.0181 e. The van der Waals surface area contributed by atoms with E-state index < -0.39 is 0 Å². The third-order valence-corrected chi connectivity index (χ3v) is 5.60. The molecule has 0 spiro atoms. The van der Waals surface area contributed by atoms with E-state index in [9.17, 15) is 0 Å². The van der Waals surface area contributed by atoms with Crippen molar-refractivity contribution in [3.05, 3.63) is 108 Å². The third-order valence-electron chi connectivity index (χ3n) is 5.11. The number of hydrogen-bond acceptors (Lipinski definition) is 0. The fourth-order valence-electron chi connectivity index (χ4n) is 3.98. The predicted octanol–water partition coefficient (Wildman–Crippen LogP) is 9.12. The van der Waals surface area contributed by atoms with Crippen LogP contribution in [0.25, 0.3) is 43.8 Å². The van der Waals surface area contributed by atoms with Gasteiger partial charge in [0, 0.05) is 4.47 Å². The van der Waals surface area contributed by atoms with Crippen LogP contribution in [0, 0.1) is 0 Å². The van der Waals surface area contributed by atoms with Crippen LogP contribution in [-0.2, 0) is 0 Å². The van der Waals surface area contributed by atoms with Crippen LogP contribution >= 0.6 is 15.9 Å². The minimum atomic E-state index is 1.10. The summed E-state index contributed by atoms with van der Waals surface area (Å²) in [5.41, 5.74) is 5.09. The van der Waals surface area contributed by atoms with E-state index in [1.807, 2.05) is 13.8 Å². The number of hydrogen-bond donors (Lipinski definition) is 0. The van der Waals surface area contributed by atoms with Crippen molar-refractivity contribution in [3.63, 3.8) is 0 Å². The van der Waals surface area contributed by atoms with Gasteiger partial charge in [-0.15, -0.1) is 0 Å². The Labute approximate surface area is 181 Å². The molecular formula is C28H23Br. The van der Waals surface area contributed by atoms with Gasteiger partial charge in [0.15, 0.2) is 0 Å². The Hall–Kier alpha value is -2.90. The Kier molecular flexibility index (Phi) is 5.78. The number of halogens is 1. The number of rotatable bonds is 2. The van der Waals surface area contributed by atoms with Gasteiger partial charge < -0.3 is 0 Å². The maximum atomic E-state index is 3.68. The summed E-state index contributed by atoms with van der Waals surface area (Å²) in [5, 5.41) is 5.13. The first-order valence-corrected chi connectivity index (χ1v) is 10.9. The zero-order valence-electron chi connectivity index (χ0n) is 16.7. The van der Waals surface area contributed by atoms with E-state index in [0.29, 0.717) is 0 Å². The maximum absolute atomic E-state index is 3.68. The molecule has 29 heavy (non-hydrogen) atoms. The standard InChI is InChI=1S/C26H17Br.C2H6/c27-20-15-16-23-24(17-20)26(19-11-5-2-6-12-19)22-14-8-7-13-21(22)25(23)18-9-3-1-4-10-18;1-2/h1-17H;1-2H3. The van der Waals surface area contributed by atoms with E-state index in [4.69, 9.17) is 0 Å². The highest BCUT2D eigenvalue weighted by Gasteiger charge is 2.16. The van der Waals surface area contributed by atoms with Crippen LogP contribution in [0.4, 0.5) is 0 Å². The molecule has 0 atom stereocenters. The first-order valence-electron chi connectivity index (χ1n) is 10.1. The lowest BCUT2D eigenvalue weighted by molar-refractivity contribution is 1.50. The average molecular weight is 439 g/mol. The van der Waals surface area contributed by atoms with Crippen LogP contribution in [-0.4, -0.2) is 0 Å². The van der Waals surface area contributed by atoms with Gasteiger partial charge in [0.05, 0.1) is 0 Å². The fourth-order valence-corrected chi connectivity index (χ4v) is 4.34. The van der Waals surface area contributed by atoms with E-state index in [0.717, 1.165) is 4.47 Å². The zero-order chi connectivity index (χ0) is 20.2. The molecule has 142 valence electrons. The van der Waals surface area contributed by atoms with Crippen LogP contribution < -0.4 is 0 Å².